The zero-order chi connectivity index (χ0) is 15.2. The summed E-state index contributed by atoms with van der Waals surface area (Å²) in [5, 5.41) is 0.643. The van der Waals surface area contributed by atoms with Gasteiger partial charge in [-0.15, -0.1) is 0 Å². The van der Waals surface area contributed by atoms with Gasteiger partial charge in [0.25, 0.3) is 0 Å². The van der Waals surface area contributed by atoms with Crippen LogP contribution in [0.25, 0.3) is 0 Å². The molecular formula is C16H21ClO4. The average Bonchev–Trinajstić information content (AvgIpc) is 2.48. The highest BCUT2D eigenvalue weighted by Gasteiger charge is 2.21. The van der Waals surface area contributed by atoms with Crippen molar-refractivity contribution in [1.82, 2.24) is 0 Å². The van der Waals surface area contributed by atoms with E-state index in [1.54, 1.807) is 25.1 Å². The fourth-order valence-corrected chi connectivity index (χ4v) is 2.44. The van der Waals surface area contributed by atoms with E-state index in [1.807, 2.05) is 6.92 Å². The summed E-state index contributed by atoms with van der Waals surface area (Å²) >= 11 is 5.89. The molecule has 0 radical (unpaired) electrons. The molecule has 0 amide bonds. The van der Waals surface area contributed by atoms with Gasteiger partial charge in [0.1, 0.15) is 12.4 Å². The zero-order valence-electron chi connectivity index (χ0n) is 12.4. The van der Waals surface area contributed by atoms with E-state index in [2.05, 4.69) is 0 Å². The minimum Gasteiger partial charge on any atom is -0.479 e. The topological polar surface area (TPSA) is 44.8 Å². The molecule has 1 heterocycles. The van der Waals surface area contributed by atoms with Gasteiger partial charge in [0.15, 0.2) is 6.10 Å². The van der Waals surface area contributed by atoms with Crippen molar-refractivity contribution in [3.8, 4) is 5.75 Å². The van der Waals surface area contributed by atoms with E-state index >= 15 is 0 Å². The van der Waals surface area contributed by atoms with Gasteiger partial charge in [-0.2, -0.15) is 0 Å². The summed E-state index contributed by atoms with van der Waals surface area (Å²) in [5.41, 5.74) is 0.887. The van der Waals surface area contributed by atoms with Crippen molar-refractivity contribution in [1.29, 1.82) is 0 Å². The van der Waals surface area contributed by atoms with Gasteiger partial charge in [0.2, 0.25) is 0 Å². The molecule has 2 rings (SSSR count). The van der Waals surface area contributed by atoms with Crippen LogP contribution in [0.3, 0.4) is 0 Å². The standard InChI is InChI=1S/C16H21ClO4/c1-11-9-13(17)6-7-15(11)21-12(2)16(18)20-10-14-5-3-4-8-19-14/h6-7,9,12,14H,3-5,8,10H2,1-2H3. The molecular weight excluding hydrogens is 292 g/mol. The molecule has 1 saturated heterocycles. The van der Waals surface area contributed by atoms with Crippen LogP contribution < -0.4 is 4.74 Å². The normalized spacial score (nSPS) is 19.9. The number of hydrogen-bond acceptors (Lipinski definition) is 4. The highest BCUT2D eigenvalue weighted by Crippen LogP contribution is 2.23. The molecule has 0 aliphatic carbocycles. The maximum atomic E-state index is 11.9. The Labute approximate surface area is 130 Å². The summed E-state index contributed by atoms with van der Waals surface area (Å²) < 4.78 is 16.4. The van der Waals surface area contributed by atoms with Crippen LogP contribution in [0.5, 0.6) is 5.75 Å². The number of benzene rings is 1. The Hall–Kier alpha value is -1.26. The summed E-state index contributed by atoms with van der Waals surface area (Å²) in [5.74, 6) is 0.260. The molecule has 0 bridgehead atoms. The van der Waals surface area contributed by atoms with Gasteiger partial charge in [-0.25, -0.2) is 4.79 Å². The second-order valence-electron chi connectivity index (χ2n) is 5.29. The molecule has 2 unspecified atom stereocenters. The van der Waals surface area contributed by atoms with E-state index in [-0.39, 0.29) is 12.1 Å². The minimum absolute atomic E-state index is 0.0205. The molecule has 116 valence electrons. The summed E-state index contributed by atoms with van der Waals surface area (Å²) in [7, 11) is 0. The fraction of sp³-hybridized carbons (Fsp3) is 0.562. The Bertz CT molecular complexity index is 483. The first-order valence-corrected chi connectivity index (χ1v) is 7.65. The number of halogens is 1. The first kappa shape index (κ1) is 16.1. The molecule has 0 saturated carbocycles. The van der Waals surface area contributed by atoms with E-state index in [1.165, 1.54) is 0 Å². The maximum Gasteiger partial charge on any atom is 0.347 e. The van der Waals surface area contributed by atoms with Crippen molar-refractivity contribution in [2.45, 2.75) is 45.3 Å². The molecule has 0 aromatic heterocycles. The third-order valence-electron chi connectivity index (χ3n) is 3.46. The largest absolute Gasteiger partial charge is 0.479 e. The van der Waals surface area contributed by atoms with Crippen LogP contribution in [0.15, 0.2) is 18.2 Å². The van der Waals surface area contributed by atoms with E-state index in [0.29, 0.717) is 17.4 Å². The van der Waals surface area contributed by atoms with E-state index in [0.717, 1.165) is 31.4 Å². The number of esters is 1. The van der Waals surface area contributed by atoms with Crippen molar-refractivity contribution in [2.75, 3.05) is 13.2 Å². The Morgan fingerprint density at radius 1 is 1.48 bits per heavy atom. The van der Waals surface area contributed by atoms with Gasteiger partial charge in [0, 0.05) is 11.6 Å². The van der Waals surface area contributed by atoms with Crippen LogP contribution in [0.1, 0.15) is 31.7 Å². The van der Waals surface area contributed by atoms with Gasteiger partial charge >= 0.3 is 5.97 Å². The Morgan fingerprint density at radius 2 is 2.29 bits per heavy atom. The quantitative estimate of drug-likeness (QED) is 0.780. The second kappa shape index (κ2) is 7.66. The molecule has 0 N–H and O–H groups in total. The fourth-order valence-electron chi connectivity index (χ4n) is 2.21. The van der Waals surface area contributed by atoms with E-state index < -0.39 is 6.10 Å². The predicted octanol–water partition coefficient (Wildman–Crippen LogP) is 3.53. The third-order valence-corrected chi connectivity index (χ3v) is 3.69. The summed E-state index contributed by atoms with van der Waals surface area (Å²) in [6.45, 7) is 4.61. The van der Waals surface area contributed by atoms with Crippen molar-refractivity contribution in [3.05, 3.63) is 28.8 Å². The highest BCUT2D eigenvalue weighted by atomic mass is 35.5. The van der Waals surface area contributed by atoms with Crippen LogP contribution in [-0.2, 0) is 14.3 Å². The minimum atomic E-state index is -0.659. The SMILES string of the molecule is Cc1cc(Cl)ccc1OC(C)C(=O)OCC1CCCCO1. The first-order valence-electron chi connectivity index (χ1n) is 7.27. The molecule has 4 nitrogen and oxygen atoms in total. The van der Waals surface area contributed by atoms with Gasteiger partial charge in [-0.05, 0) is 56.9 Å². The lowest BCUT2D eigenvalue weighted by Gasteiger charge is -2.23. The predicted molar refractivity (Wildman–Crippen MR) is 80.8 cm³/mol. The molecule has 1 aromatic carbocycles. The van der Waals surface area contributed by atoms with Gasteiger partial charge in [0.05, 0.1) is 6.10 Å². The molecule has 0 spiro atoms. The van der Waals surface area contributed by atoms with Crippen LogP contribution in [0.4, 0.5) is 0 Å². The van der Waals surface area contributed by atoms with Gasteiger partial charge in [-0.3, -0.25) is 0 Å². The van der Waals surface area contributed by atoms with Crippen molar-refractivity contribution in [3.63, 3.8) is 0 Å². The van der Waals surface area contributed by atoms with Crippen LogP contribution >= 0.6 is 11.6 Å². The van der Waals surface area contributed by atoms with Crippen LogP contribution in [-0.4, -0.2) is 31.4 Å². The van der Waals surface area contributed by atoms with Crippen molar-refractivity contribution >= 4 is 17.6 Å². The van der Waals surface area contributed by atoms with Crippen LogP contribution in [0.2, 0.25) is 5.02 Å². The monoisotopic (exact) mass is 312 g/mol. The summed E-state index contributed by atoms with van der Waals surface area (Å²) in [4.78, 5) is 11.9. The van der Waals surface area contributed by atoms with Crippen molar-refractivity contribution in [2.24, 2.45) is 0 Å². The molecule has 1 aliphatic heterocycles. The summed E-state index contributed by atoms with van der Waals surface area (Å²) in [6.07, 6.45) is 2.51. The number of hydrogen-bond donors (Lipinski definition) is 0. The van der Waals surface area contributed by atoms with Gasteiger partial charge in [-0.1, -0.05) is 11.6 Å². The lowest BCUT2D eigenvalue weighted by Crippen LogP contribution is -2.31. The molecule has 1 aliphatic rings. The number of rotatable bonds is 5. The number of carbonyl (C=O) groups is 1. The Morgan fingerprint density at radius 3 is 2.95 bits per heavy atom. The number of ether oxygens (including phenoxy) is 3. The molecule has 5 heteroatoms. The van der Waals surface area contributed by atoms with E-state index in [9.17, 15) is 4.79 Å². The van der Waals surface area contributed by atoms with E-state index in [4.69, 9.17) is 25.8 Å². The summed E-state index contributed by atoms with van der Waals surface area (Å²) in [6, 6.07) is 5.29. The lowest BCUT2D eigenvalue weighted by molar-refractivity contribution is -0.156. The first-order chi connectivity index (χ1) is 10.1. The average molecular weight is 313 g/mol. The third kappa shape index (κ3) is 4.90. The molecule has 2 atom stereocenters. The smallest absolute Gasteiger partial charge is 0.347 e. The van der Waals surface area contributed by atoms with Crippen LogP contribution in [0, 0.1) is 6.92 Å². The maximum absolute atomic E-state index is 11.9. The lowest BCUT2D eigenvalue weighted by atomic mass is 10.1. The Kier molecular flexibility index (Phi) is 5.88. The molecule has 21 heavy (non-hydrogen) atoms. The second-order valence-corrected chi connectivity index (χ2v) is 5.72. The van der Waals surface area contributed by atoms with Crippen molar-refractivity contribution < 1.29 is 19.0 Å². The number of aryl methyl sites for hydroxylation is 1. The molecule has 1 aromatic rings. The highest BCUT2D eigenvalue weighted by molar-refractivity contribution is 6.30. The van der Waals surface area contributed by atoms with Gasteiger partial charge < -0.3 is 14.2 Å². The number of carbonyl (C=O) groups excluding carboxylic acids is 1. The molecule has 1 fully saturated rings. The Balaban J connectivity index is 1.81. The zero-order valence-corrected chi connectivity index (χ0v) is 13.2.